The number of nitrogens with zero attached hydrogens (tertiary/aromatic N) is 4. The standard InChI is InChI=1S/C15H24N4O/c1-5-7-19-8-6-16-15(19)11-18(4)10-13-9-14(12(2)3)20-17-13/h6,8-9,12H,5,7,10-11H2,1-4H3. The SMILES string of the molecule is CCCn1ccnc1CN(C)Cc1cc(C(C)C)on1. The van der Waals surface area contributed by atoms with Gasteiger partial charge >= 0.3 is 0 Å². The third-order valence-corrected chi connectivity index (χ3v) is 3.26. The van der Waals surface area contributed by atoms with Crippen LogP contribution in [0.4, 0.5) is 0 Å². The number of hydrogen-bond donors (Lipinski definition) is 0. The summed E-state index contributed by atoms with van der Waals surface area (Å²) in [7, 11) is 2.08. The lowest BCUT2D eigenvalue weighted by atomic mass is 10.1. The van der Waals surface area contributed by atoms with Gasteiger partial charge in [0, 0.05) is 37.5 Å². The maximum atomic E-state index is 5.33. The molecule has 2 aromatic rings. The van der Waals surface area contributed by atoms with E-state index in [1.165, 1.54) is 0 Å². The smallest absolute Gasteiger partial charge is 0.139 e. The quantitative estimate of drug-likeness (QED) is 0.780. The van der Waals surface area contributed by atoms with Crippen molar-refractivity contribution in [1.82, 2.24) is 19.6 Å². The van der Waals surface area contributed by atoms with E-state index in [4.69, 9.17) is 4.52 Å². The lowest BCUT2D eigenvalue weighted by molar-refractivity contribution is 0.289. The van der Waals surface area contributed by atoms with Crippen molar-refractivity contribution in [1.29, 1.82) is 0 Å². The van der Waals surface area contributed by atoms with Gasteiger partial charge in [-0.1, -0.05) is 25.9 Å². The van der Waals surface area contributed by atoms with Crippen LogP contribution >= 0.6 is 0 Å². The first-order chi connectivity index (χ1) is 9.60. The van der Waals surface area contributed by atoms with Gasteiger partial charge in [-0.3, -0.25) is 4.90 Å². The van der Waals surface area contributed by atoms with E-state index in [9.17, 15) is 0 Å². The van der Waals surface area contributed by atoms with Crippen LogP contribution in [-0.2, 0) is 19.6 Å². The molecule has 0 N–H and O–H groups in total. The molecule has 0 saturated heterocycles. The second kappa shape index (κ2) is 6.70. The lowest BCUT2D eigenvalue weighted by Gasteiger charge is -2.15. The van der Waals surface area contributed by atoms with Crippen molar-refractivity contribution in [3.8, 4) is 0 Å². The zero-order valence-corrected chi connectivity index (χ0v) is 12.8. The van der Waals surface area contributed by atoms with Crippen molar-refractivity contribution in [2.75, 3.05) is 7.05 Å². The maximum Gasteiger partial charge on any atom is 0.139 e. The van der Waals surface area contributed by atoms with Crippen LogP contribution in [0, 0.1) is 0 Å². The Kier molecular flexibility index (Phi) is 4.95. The Bertz CT molecular complexity index is 529. The van der Waals surface area contributed by atoms with Crippen molar-refractivity contribution in [2.45, 2.75) is 52.7 Å². The van der Waals surface area contributed by atoms with Crippen molar-refractivity contribution in [2.24, 2.45) is 0 Å². The van der Waals surface area contributed by atoms with Crippen LogP contribution in [0.15, 0.2) is 23.0 Å². The van der Waals surface area contributed by atoms with Gasteiger partial charge in [-0.15, -0.1) is 0 Å². The third-order valence-electron chi connectivity index (χ3n) is 3.26. The minimum atomic E-state index is 0.380. The monoisotopic (exact) mass is 276 g/mol. The van der Waals surface area contributed by atoms with E-state index in [-0.39, 0.29) is 0 Å². The summed E-state index contributed by atoms with van der Waals surface area (Å²) in [5.74, 6) is 2.42. The van der Waals surface area contributed by atoms with Crippen LogP contribution in [0.3, 0.4) is 0 Å². The third kappa shape index (κ3) is 3.70. The van der Waals surface area contributed by atoms with Gasteiger partial charge in [0.15, 0.2) is 0 Å². The molecular weight excluding hydrogens is 252 g/mol. The Hall–Kier alpha value is -1.62. The number of aryl methyl sites for hydroxylation is 1. The van der Waals surface area contributed by atoms with E-state index < -0.39 is 0 Å². The fourth-order valence-electron chi connectivity index (χ4n) is 2.18. The molecule has 0 aliphatic heterocycles. The molecule has 0 bridgehead atoms. The highest BCUT2D eigenvalue weighted by Crippen LogP contribution is 2.16. The van der Waals surface area contributed by atoms with Gasteiger partial charge in [0.1, 0.15) is 11.6 Å². The van der Waals surface area contributed by atoms with Crippen LogP contribution < -0.4 is 0 Å². The second-order valence-corrected chi connectivity index (χ2v) is 5.58. The molecule has 5 heteroatoms. The molecule has 0 aliphatic rings. The summed E-state index contributed by atoms with van der Waals surface area (Å²) in [4.78, 5) is 6.63. The van der Waals surface area contributed by atoms with Gasteiger partial charge in [0.25, 0.3) is 0 Å². The molecule has 0 atom stereocenters. The van der Waals surface area contributed by atoms with Crippen molar-refractivity contribution in [3.05, 3.63) is 35.7 Å². The number of hydrogen-bond acceptors (Lipinski definition) is 4. The Balaban J connectivity index is 1.94. The molecule has 0 aliphatic carbocycles. The highest BCUT2D eigenvalue weighted by Gasteiger charge is 2.11. The molecule has 0 aromatic carbocycles. The first kappa shape index (κ1) is 14.8. The Morgan fingerprint density at radius 1 is 1.35 bits per heavy atom. The molecule has 0 fully saturated rings. The van der Waals surface area contributed by atoms with Crippen LogP contribution in [0.1, 0.15) is 50.4 Å². The van der Waals surface area contributed by atoms with E-state index in [1.54, 1.807) is 0 Å². The van der Waals surface area contributed by atoms with Gasteiger partial charge in [-0.25, -0.2) is 4.98 Å². The molecule has 2 rings (SSSR count). The van der Waals surface area contributed by atoms with E-state index in [0.717, 1.165) is 43.3 Å². The molecule has 0 amide bonds. The van der Waals surface area contributed by atoms with Crippen molar-refractivity contribution < 1.29 is 4.52 Å². The van der Waals surface area contributed by atoms with E-state index in [0.29, 0.717) is 5.92 Å². The molecule has 110 valence electrons. The summed E-state index contributed by atoms with van der Waals surface area (Å²) in [6.07, 6.45) is 5.03. The first-order valence-electron chi connectivity index (χ1n) is 7.24. The molecule has 0 saturated carbocycles. The maximum absolute atomic E-state index is 5.33. The highest BCUT2D eigenvalue weighted by molar-refractivity contribution is 5.08. The summed E-state index contributed by atoms with van der Waals surface area (Å²) in [6.45, 7) is 9.00. The second-order valence-electron chi connectivity index (χ2n) is 5.58. The topological polar surface area (TPSA) is 47.1 Å². The molecule has 5 nitrogen and oxygen atoms in total. The summed E-state index contributed by atoms with van der Waals surface area (Å²) in [6, 6.07) is 2.04. The Morgan fingerprint density at radius 2 is 2.15 bits per heavy atom. The average Bonchev–Trinajstić information content (AvgIpc) is 3.00. The summed E-state index contributed by atoms with van der Waals surface area (Å²) in [5, 5.41) is 4.12. The van der Waals surface area contributed by atoms with Crippen LogP contribution in [0.5, 0.6) is 0 Å². The minimum Gasteiger partial charge on any atom is -0.361 e. The van der Waals surface area contributed by atoms with Gasteiger partial charge in [-0.2, -0.15) is 0 Å². The molecule has 2 aromatic heterocycles. The minimum absolute atomic E-state index is 0.380. The fourth-order valence-corrected chi connectivity index (χ4v) is 2.18. The fraction of sp³-hybridized carbons (Fsp3) is 0.600. The molecule has 0 radical (unpaired) electrons. The molecular formula is C15H24N4O. The van der Waals surface area contributed by atoms with Crippen molar-refractivity contribution in [3.63, 3.8) is 0 Å². The zero-order valence-electron chi connectivity index (χ0n) is 12.8. The molecule has 0 spiro atoms. The number of rotatable bonds is 7. The predicted molar refractivity (Wildman–Crippen MR) is 78.3 cm³/mol. The molecule has 2 heterocycles. The van der Waals surface area contributed by atoms with E-state index in [1.807, 2.05) is 18.5 Å². The summed E-state index contributed by atoms with van der Waals surface area (Å²) >= 11 is 0. The first-order valence-corrected chi connectivity index (χ1v) is 7.24. The molecule has 0 unspecified atom stereocenters. The van der Waals surface area contributed by atoms with Crippen LogP contribution in [-0.4, -0.2) is 26.7 Å². The number of imidazole rings is 1. The van der Waals surface area contributed by atoms with Gasteiger partial charge in [0.2, 0.25) is 0 Å². The van der Waals surface area contributed by atoms with E-state index >= 15 is 0 Å². The Morgan fingerprint density at radius 3 is 2.80 bits per heavy atom. The van der Waals surface area contributed by atoms with E-state index in [2.05, 4.69) is 47.4 Å². The molecule has 20 heavy (non-hydrogen) atoms. The summed E-state index contributed by atoms with van der Waals surface area (Å²) < 4.78 is 7.53. The number of aromatic nitrogens is 3. The van der Waals surface area contributed by atoms with Crippen molar-refractivity contribution >= 4 is 0 Å². The zero-order chi connectivity index (χ0) is 14.5. The van der Waals surface area contributed by atoms with Gasteiger partial charge in [-0.05, 0) is 13.5 Å². The lowest BCUT2D eigenvalue weighted by Crippen LogP contribution is -2.20. The summed E-state index contributed by atoms with van der Waals surface area (Å²) in [5.41, 5.74) is 0.977. The largest absolute Gasteiger partial charge is 0.361 e. The normalized spacial score (nSPS) is 11.7. The predicted octanol–water partition coefficient (Wildman–Crippen LogP) is 3.04. The van der Waals surface area contributed by atoms with Crippen LogP contribution in [0.2, 0.25) is 0 Å². The van der Waals surface area contributed by atoms with Crippen LogP contribution in [0.25, 0.3) is 0 Å². The Labute approximate surface area is 120 Å². The van der Waals surface area contributed by atoms with Gasteiger partial charge < -0.3 is 9.09 Å². The highest BCUT2D eigenvalue weighted by atomic mass is 16.5. The average molecular weight is 276 g/mol. The van der Waals surface area contributed by atoms with Gasteiger partial charge in [0.05, 0.1) is 12.2 Å².